The zero-order valence-electron chi connectivity index (χ0n) is 15.5. The summed E-state index contributed by atoms with van der Waals surface area (Å²) in [5.74, 6) is -1.15. The number of Topliss-reactive ketones (excluding diaryl/α,β-unsaturated/α-hetero) is 1. The third kappa shape index (κ3) is 3.58. The standard InChI is InChI=1S/C19H24N2O5S/c1-3-13(22)15-16(14-6-5-11-27-14)21(18(24)17(15)23)12-7-9-20(10-8-12)19(25)26-4-2/h5-6,11-12,16,23H,3-4,7-10H2,1-2H3. The molecule has 0 saturated carbocycles. The fraction of sp³-hybridized carbons (Fsp3) is 0.526. The van der Waals surface area contributed by atoms with Crippen LogP contribution >= 0.6 is 11.3 Å². The summed E-state index contributed by atoms with van der Waals surface area (Å²) >= 11 is 1.46. The number of likely N-dealkylation sites (tertiary alicyclic amines) is 1. The molecule has 1 aromatic rings. The molecule has 0 radical (unpaired) electrons. The highest BCUT2D eigenvalue weighted by Gasteiger charge is 2.47. The number of ether oxygens (including phenoxy) is 1. The number of piperidine rings is 1. The van der Waals surface area contributed by atoms with Crippen molar-refractivity contribution >= 4 is 29.1 Å². The third-order valence-electron chi connectivity index (χ3n) is 5.06. The van der Waals surface area contributed by atoms with Crippen LogP contribution in [-0.2, 0) is 14.3 Å². The molecule has 8 heteroatoms. The minimum Gasteiger partial charge on any atom is -0.503 e. The van der Waals surface area contributed by atoms with E-state index >= 15 is 0 Å². The molecule has 27 heavy (non-hydrogen) atoms. The number of carbonyl (C=O) groups excluding carboxylic acids is 3. The first-order chi connectivity index (χ1) is 13.0. The molecule has 3 heterocycles. The Morgan fingerprint density at radius 3 is 2.56 bits per heavy atom. The topological polar surface area (TPSA) is 87.2 Å². The Morgan fingerprint density at radius 1 is 1.30 bits per heavy atom. The summed E-state index contributed by atoms with van der Waals surface area (Å²) in [4.78, 5) is 41.3. The van der Waals surface area contributed by atoms with Crippen LogP contribution in [0.15, 0.2) is 28.8 Å². The van der Waals surface area contributed by atoms with Crippen LogP contribution in [0.3, 0.4) is 0 Å². The Bertz CT molecular complexity index is 750. The van der Waals surface area contributed by atoms with E-state index in [9.17, 15) is 19.5 Å². The molecule has 7 nitrogen and oxygen atoms in total. The van der Waals surface area contributed by atoms with E-state index in [1.807, 2.05) is 17.5 Å². The maximum atomic E-state index is 12.8. The van der Waals surface area contributed by atoms with E-state index in [0.717, 1.165) is 4.88 Å². The molecule has 1 atom stereocenters. The number of carbonyl (C=O) groups is 3. The lowest BCUT2D eigenvalue weighted by atomic mass is 9.97. The molecule has 1 fully saturated rings. The van der Waals surface area contributed by atoms with Crippen molar-refractivity contribution < 1.29 is 24.2 Å². The fourth-order valence-corrected chi connectivity index (χ4v) is 4.57. The first-order valence-electron chi connectivity index (χ1n) is 9.23. The number of hydrogen-bond acceptors (Lipinski definition) is 6. The number of thiophene rings is 1. The number of hydrogen-bond donors (Lipinski definition) is 1. The van der Waals surface area contributed by atoms with Crippen LogP contribution < -0.4 is 0 Å². The molecular weight excluding hydrogens is 368 g/mol. The highest BCUT2D eigenvalue weighted by molar-refractivity contribution is 7.10. The Labute approximate surface area is 162 Å². The van der Waals surface area contributed by atoms with Crippen LogP contribution in [0, 0.1) is 0 Å². The second-order valence-corrected chi connectivity index (χ2v) is 7.57. The van der Waals surface area contributed by atoms with Gasteiger partial charge in [-0.15, -0.1) is 11.3 Å². The van der Waals surface area contributed by atoms with E-state index in [0.29, 0.717) is 32.5 Å². The number of aliphatic hydroxyl groups is 1. The number of rotatable bonds is 5. The summed E-state index contributed by atoms with van der Waals surface area (Å²) < 4.78 is 5.04. The summed E-state index contributed by atoms with van der Waals surface area (Å²) in [6.07, 6.45) is 1.03. The van der Waals surface area contributed by atoms with Gasteiger partial charge < -0.3 is 19.6 Å². The molecule has 0 bridgehead atoms. The molecule has 1 N–H and O–H groups in total. The highest BCUT2D eigenvalue weighted by Crippen LogP contribution is 2.42. The molecular formula is C19H24N2O5S. The molecule has 0 aliphatic carbocycles. The van der Waals surface area contributed by atoms with Crippen LogP contribution in [0.5, 0.6) is 0 Å². The van der Waals surface area contributed by atoms with Crippen molar-refractivity contribution in [1.82, 2.24) is 9.80 Å². The maximum absolute atomic E-state index is 12.8. The van der Waals surface area contributed by atoms with Gasteiger partial charge in [0, 0.05) is 30.4 Å². The molecule has 0 spiro atoms. The third-order valence-corrected chi connectivity index (χ3v) is 5.99. The first-order valence-corrected chi connectivity index (χ1v) is 10.1. The van der Waals surface area contributed by atoms with Crippen molar-refractivity contribution in [2.45, 2.75) is 45.2 Å². The largest absolute Gasteiger partial charge is 0.503 e. The number of aliphatic hydroxyl groups excluding tert-OH is 1. The Balaban J connectivity index is 1.84. The lowest BCUT2D eigenvalue weighted by Crippen LogP contribution is -2.48. The predicted molar refractivity (Wildman–Crippen MR) is 100 cm³/mol. The molecule has 1 aromatic heterocycles. The van der Waals surface area contributed by atoms with E-state index < -0.39 is 17.7 Å². The summed E-state index contributed by atoms with van der Waals surface area (Å²) in [5.41, 5.74) is 0.192. The quantitative estimate of drug-likeness (QED) is 0.832. The number of nitrogens with zero attached hydrogens (tertiary/aromatic N) is 2. The Kier molecular flexibility index (Phi) is 5.84. The van der Waals surface area contributed by atoms with Crippen molar-refractivity contribution in [1.29, 1.82) is 0 Å². The molecule has 3 rings (SSSR count). The smallest absolute Gasteiger partial charge is 0.409 e. The van der Waals surface area contributed by atoms with Crippen molar-refractivity contribution in [3.63, 3.8) is 0 Å². The van der Waals surface area contributed by atoms with Gasteiger partial charge in [-0.25, -0.2) is 4.79 Å². The zero-order chi connectivity index (χ0) is 19.6. The average Bonchev–Trinajstić information content (AvgIpc) is 3.29. The van der Waals surface area contributed by atoms with Crippen molar-refractivity contribution in [3.8, 4) is 0 Å². The number of amides is 2. The van der Waals surface area contributed by atoms with Crippen LogP contribution in [0.4, 0.5) is 4.79 Å². The van der Waals surface area contributed by atoms with Gasteiger partial charge in [-0.2, -0.15) is 0 Å². The minimum absolute atomic E-state index is 0.153. The van der Waals surface area contributed by atoms with Gasteiger partial charge in [0.15, 0.2) is 11.5 Å². The fourth-order valence-electron chi connectivity index (χ4n) is 3.74. The van der Waals surface area contributed by atoms with E-state index in [2.05, 4.69) is 0 Å². The van der Waals surface area contributed by atoms with Gasteiger partial charge in [0.2, 0.25) is 0 Å². The van der Waals surface area contributed by atoms with E-state index in [-0.39, 0.29) is 29.9 Å². The molecule has 2 aliphatic rings. The van der Waals surface area contributed by atoms with Crippen LogP contribution in [0.25, 0.3) is 0 Å². The molecule has 2 aliphatic heterocycles. The van der Waals surface area contributed by atoms with Crippen LogP contribution in [0.1, 0.15) is 44.0 Å². The van der Waals surface area contributed by atoms with Crippen molar-refractivity contribution in [3.05, 3.63) is 33.7 Å². The predicted octanol–water partition coefficient (Wildman–Crippen LogP) is 3.04. The van der Waals surface area contributed by atoms with E-state index in [1.165, 1.54) is 11.3 Å². The SMILES string of the molecule is CCOC(=O)N1CCC(N2C(=O)C(O)=C(C(=O)CC)C2c2cccs2)CC1. The summed E-state index contributed by atoms with van der Waals surface area (Å²) in [5, 5.41) is 12.3. The highest BCUT2D eigenvalue weighted by atomic mass is 32.1. The van der Waals surface area contributed by atoms with Crippen LogP contribution in [0.2, 0.25) is 0 Å². The lowest BCUT2D eigenvalue weighted by Gasteiger charge is -2.39. The summed E-state index contributed by atoms with van der Waals surface area (Å²) in [6, 6.07) is 3.05. The molecule has 1 unspecified atom stereocenters. The van der Waals surface area contributed by atoms with Crippen molar-refractivity contribution in [2.75, 3.05) is 19.7 Å². The van der Waals surface area contributed by atoms with Gasteiger partial charge >= 0.3 is 6.09 Å². The van der Waals surface area contributed by atoms with Gasteiger partial charge in [-0.3, -0.25) is 9.59 Å². The number of ketones is 1. The molecule has 0 aromatic carbocycles. The van der Waals surface area contributed by atoms with Crippen LogP contribution in [-0.4, -0.2) is 58.4 Å². The van der Waals surface area contributed by atoms with Gasteiger partial charge in [-0.1, -0.05) is 13.0 Å². The first kappa shape index (κ1) is 19.4. The van der Waals surface area contributed by atoms with E-state index in [1.54, 1.807) is 23.6 Å². The maximum Gasteiger partial charge on any atom is 0.409 e. The van der Waals surface area contributed by atoms with Gasteiger partial charge in [0.05, 0.1) is 18.2 Å². The van der Waals surface area contributed by atoms with Gasteiger partial charge in [0.1, 0.15) is 0 Å². The second-order valence-electron chi connectivity index (χ2n) is 6.59. The summed E-state index contributed by atoms with van der Waals surface area (Å²) in [6.45, 7) is 4.76. The Hall–Kier alpha value is -2.35. The van der Waals surface area contributed by atoms with Crippen molar-refractivity contribution in [2.24, 2.45) is 0 Å². The van der Waals surface area contributed by atoms with Gasteiger partial charge in [0.25, 0.3) is 5.91 Å². The molecule has 1 saturated heterocycles. The second kappa shape index (κ2) is 8.12. The monoisotopic (exact) mass is 392 g/mol. The van der Waals surface area contributed by atoms with E-state index in [4.69, 9.17) is 4.74 Å². The molecule has 2 amide bonds. The summed E-state index contributed by atoms with van der Waals surface area (Å²) in [7, 11) is 0. The molecule has 146 valence electrons. The van der Waals surface area contributed by atoms with Gasteiger partial charge in [-0.05, 0) is 31.2 Å². The normalized spacial score (nSPS) is 21.1. The Morgan fingerprint density at radius 2 is 2.00 bits per heavy atom. The minimum atomic E-state index is -0.552. The average molecular weight is 392 g/mol. The lowest BCUT2D eigenvalue weighted by molar-refractivity contribution is -0.132. The zero-order valence-corrected chi connectivity index (χ0v) is 16.3.